The average Bonchev–Trinajstić information content (AvgIpc) is 2.99. The van der Waals surface area contributed by atoms with Gasteiger partial charge in [0.2, 0.25) is 0 Å². The van der Waals surface area contributed by atoms with Crippen LogP contribution in [-0.2, 0) is 25.7 Å². The van der Waals surface area contributed by atoms with Crippen LogP contribution in [0.25, 0.3) is 0 Å². The Morgan fingerprint density at radius 2 is 0.814 bits per heavy atom. The van der Waals surface area contributed by atoms with Crippen LogP contribution in [0.2, 0.25) is 0 Å². The standard InChI is InChI=1S/C34H27N3O6/c38-31-20-4-1-5-21(31)15-23-7-3-9-25(33(23)40)17-27-19-29(36-35-28-10-12-30(13-11-28)37(42)43)18-26(34(27)41)16-24-8-2-6-22(14-20)32(24)39/h1-13,18-19,38-41H,14-17H2. The molecule has 0 aliphatic heterocycles. The first-order valence-corrected chi connectivity index (χ1v) is 13.7. The normalized spacial score (nSPS) is 12.7. The molecule has 0 spiro atoms. The zero-order valence-electron chi connectivity index (χ0n) is 22.9. The number of fused-ring (bicyclic) bond motifs is 8. The van der Waals surface area contributed by atoms with Crippen LogP contribution in [-0.4, -0.2) is 25.3 Å². The van der Waals surface area contributed by atoms with Crippen molar-refractivity contribution in [3.63, 3.8) is 0 Å². The van der Waals surface area contributed by atoms with E-state index in [1.54, 1.807) is 36.4 Å². The average molecular weight is 574 g/mol. The van der Waals surface area contributed by atoms with E-state index in [1.165, 1.54) is 24.3 Å². The van der Waals surface area contributed by atoms with Gasteiger partial charge in [-0.25, -0.2) is 0 Å². The molecule has 5 aromatic carbocycles. The van der Waals surface area contributed by atoms with Gasteiger partial charge in [0.05, 0.1) is 16.3 Å². The van der Waals surface area contributed by atoms with E-state index >= 15 is 0 Å². The molecule has 0 fully saturated rings. The highest BCUT2D eigenvalue weighted by Gasteiger charge is 2.19. The SMILES string of the molecule is O=[N+]([O-])c1ccc(N=Nc2cc3c(O)c(c2)Cc2cccc(c2O)Cc2cccc(c2O)Cc2cccc(c2O)C3)cc1. The van der Waals surface area contributed by atoms with Crippen molar-refractivity contribution in [1.29, 1.82) is 0 Å². The van der Waals surface area contributed by atoms with Gasteiger partial charge in [-0.05, 0) is 57.6 Å². The Labute approximate surface area is 246 Å². The summed E-state index contributed by atoms with van der Waals surface area (Å²) >= 11 is 0. The van der Waals surface area contributed by atoms with Gasteiger partial charge < -0.3 is 20.4 Å². The second-order valence-electron chi connectivity index (χ2n) is 10.6. The van der Waals surface area contributed by atoms with Crippen molar-refractivity contribution in [2.75, 3.05) is 0 Å². The van der Waals surface area contributed by atoms with E-state index in [0.29, 0.717) is 55.9 Å². The number of phenolic OH excluding ortho intramolecular Hbond substituents is 4. The molecule has 8 bridgehead atoms. The van der Waals surface area contributed by atoms with E-state index in [2.05, 4.69) is 10.2 Å². The summed E-state index contributed by atoms with van der Waals surface area (Å²) < 4.78 is 0. The summed E-state index contributed by atoms with van der Waals surface area (Å²) in [5.74, 6) is 0.274. The minimum atomic E-state index is -0.489. The first-order chi connectivity index (χ1) is 20.8. The number of nitro benzene ring substituents is 1. The number of para-hydroxylation sites is 3. The fourth-order valence-corrected chi connectivity index (χ4v) is 5.44. The van der Waals surface area contributed by atoms with E-state index in [9.17, 15) is 30.5 Å². The lowest BCUT2D eigenvalue weighted by Gasteiger charge is -2.17. The van der Waals surface area contributed by atoms with Gasteiger partial charge in [-0.2, -0.15) is 10.2 Å². The molecule has 0 radical (unpaired) electrons. The lowest BCUT2D eigenvalue weighted by molar-refractivity contribution is -0.384. The molecule has 1 aliphatic rings. The zero-order valence-corrected chi connectivity index (χ0v) is 22.9. The van der Waals surface area contributed by atoms with Crippen molar-refractivity contribution in [3.05, 3.63) is 146 Å². The minimum absolute atomic E-state index is 0.0128. The third-order valence-electron chi connectivity index (χ3n) is 7.73. The molecule has 6 rings (SSSR count). The molecule has 5 aromatic rings. The Balaban J connectivity index is 1.48. The van der Waals surface area contributed by atoms with Gasteiger partial charge in [0.1, 0.15) is 23.0 Å². The number of nitrogens with zero attached hydrogens (tertiary/aromatic N) is 3. The minimum Gasteiger partial charge on any atom is -0.507 e. The van der Waals surface area contributed by atoms with Gasteiger partial charge in [0.25, 0.3) is 5.69 Å². The third kappa shape index (κ3) is 5.60. The molecule has 214 valence electrons. The number of phenols is 4. The maximum Gasteiger partial charge on any atom is 0.269 e. The highest BCUT2D eigenvalue weighted by Crippen LogP contribution is 2.39. The summed E-state index contributed by atoms with van der Waals surface area (Å²) in [6.07, 6.45) is 0.924. The smallest absolute Gasteiger partial charge is 0.269 e. The molecule has 0 saturated carbocycles. The van der Waals surface area contributed by atoms with Crippen molar-refractivity contribution in [2.45, 2.75) is 25.7 Å². The largest absolute Gasteiger partial charge is 0.507 e. The molecule has 43 heavy (non-hydrogen) atoms. The highest BCUT2D eigenvalue weighted by molar-refractivity contribution is 5.58. The zero-order chi connectivity index (χ0) is 30.1. The van der Waals surface area contributed by atoms with Gasteiger partial charge in [-0.3, -0.25) is 10.1 Å². The Morgan fingerprint density at radius 3 is 1.19 bits per heavy atom. The van der Waals surface area contributed by atoms with E-state index < -0.39 is 4.92 Å². The summed E-state index contributed by atoms with van der Waals surface area (Å²) in [6, 6.07) is 25.3. The molecule has 0 heterocycles. The molecular weight excluding hydrogens is 546 g/mol. The molecule has 0 unspecified atom stereocenters. The fraction of sp³-hybridized carbons (Fsp3) is 0.118. The van der Waals surface area contributed by atoms with Crippen LogP contribution < -0.4 is 0 Å². The van der Waals surface area contributed by atoms with Gasteiger partial charge in [0, 0.05) is 48.9 Å². The van der Waals surface area contributed by atoms with E-state index in [-0.39, 0.29) is 54.4 Å². The summed E-state index contributed by atoms with van der Waals surface area (Å²) in [4.78, 5) is 10.5. The van der Waals surface area contributed by atoms with E-state index in [4.69, 9.17) is 0 Å². The fourth-order valence-electron chi connectivity index (χ4n) is 5.44. The molecule has 9 nitrogen and oxygen atoms in total. The summed E-state index contributed by atoms with van der Waals surface area (Å²) in [5, 5.41) is 64.5. The monoisotopic (exact) mass is 573 g/mol. The van der Waals surface area contributed by atoms with Gasteiger partial charge >= 0.3 is 0 Å². The molecule has 0 saturated heterocycles. The van der Waals surface area contributed by atoms with Gasteiger partial charge in [0.15, 0.2) is 0 Å². The lowest BCUT2D eigenvalue weighted by atomic mass is 9.91. The van der Waals surface area contributed by atoms with E-state index in [0.717, 1.165) is 0 Å². The number of azo groups is 1. The molecule has 1 aliphatic carbocycles. The Morgan fingerprint density at radius 1 is 0.488 bits per heavy atom. The summed E-state index contributed by atoms with van der Waals surface area (Å²) in [6.45, 7) is 0. The number of non-ortho nitro benzene ring substituents is 1. The van der Waals surface area contributed by atoms with Crippen LogP contribution in [0, 0.1) is 10.1 Å². The van der Waals surface area contributed by atoms with E-state index in [1.807, 2.05) is 30.3 Å². The first-order valence-electron chi connectivity index (χ1n) is 13.7. The lowest BCUT2D eigenvalue weighted by Crippen LogP contribution is -2.00. The quantitative estimate of drug-likeness (QED) is 0.0978. The second kappa shape index (κ2) is 11.3. The van der Waals surface area contributed by atoms with Crippen LogP contribution in [0.3, 0.4) is 0 Å². The molecule has 0 atom stereocenters. The van der Waals surface area contributed by atoms with Crippen molar-refractivity contribution in [1.82, 2.24) is 0 Å². The number of rotatable bonds is 3. The number of aromatic hydroxyl groups is 4. The summed E-state index contributed by atoms with van der Waals surface area (Å²) in [5.41, 5.74) is 5.47. The number of hydrogen-bond acceptors (Lipinski definition) is 8. The maximum atomic E-state index is 11.4. The molecule has 0 aromatic heterocycles. The number of benzene rings is 5. The highest BCUT2D eigenvalue weighted by atomic mass is 16.6. The van der Waals surface area contributed by atoms with Crippen molar-refractivity contribution < 1.29 is 25.3 Å². The molecule has 9 heteroatoms. The van der Waals surface area contributed by atoms with Crippen molar-refractivity contribution in [2.24, 2.45) is 10.2 Å². The topological polar surface area (TPSA) is 149 Å². The van der Waals surface area contributed by atoms with Crippen LogP contribution in [0.4, 0.5) is 17.1 Å². The van der Waals surface area contributed by atoms with Crippen molar-refractivity contribution >= 4 is 17.1 Å². The Kier molecular flexibility index (Phi) is 7.21. The van der Waals surface area contributed by atoms with Crippen LogP contribution >= 0.6 is 0 Å². The molecule has 0 amide bonds. The molecule has 4 N–H and O–H groups in total. The van der Waals surface area contributed by atoms with Gasteiger partial charge in [-0.1, -0.05) is 54.6 Å². The third-order valence-corrected chi connectivity index (χ3v) is 7.73. The maximum absolute atomic E-state index is 11.4. The predicted molar refractivity (Wildman–Crippen MR) is 161 cm³/mol. The number of nitro groups is 1. The van der Waals surface area contributed by atoms with Crippen molar-refractivity contribution in [3.8, 4) is 23.0 Å². The van der Waals surface area contributed by atoms with Crippen LogP contribution in [0.5, 0.6) is 23.0 Å². The predicted octanol–water partition coefficient (Wildman–Crippen LogP) is 7.51. The second-order valence-corrected chi connectivity index (χ2v) is 10.6. The summed E-state index contributed by atoms with van der Waals surface area (Å²) in [7, 11) is 0. The first kappa shape index (κ1) is 27.5. The van der Waals surface area contributed by atoms with Crippen LogP contribution in [0.15, 0.2) is 101 Å². The van der Waals surface area contributed by atoms with Gasteiger partial charge in [-0.15, -0.1) is 0 Å². The Bertz CT molecular complexity index is 1800. The van der Waals surface area contributed by atoms with Crippen LogP contribution in [0.1, 0.15) is 44.5 Å². The molecular formula is C34H27N3O6. The number of hydrogen-bond donors (Lipinski definition) is 4. The Hall–Kier alpha value is -5.70.